The second-order valence-electron chi connectivity index (χ2n) is 3.54. The van der Waals surface area contributed by atoms with Gasteiger partial charge >= 0.3 is 0 Å². The lowest BCUT2D eigenvalue weighted by molar-refractivity contribution is -0.116. The van der Waals surface area contributed by atoms with Gasteiger partial charge in [0.1, 0.15) is 5.78 Å². The summed E-state index contributed by atoms with van der Waals surface area (Å²) in [6.07, 6.45) is 3.88. The molecule has 0 saturated heterocycles. The highest BCUT2D eigenvalue weighted by Crippen LogP contribution is 2.17. The smallest absolute Gasteiger partial charge is 0.143 e. The van der Waals surface area contributed by atoms with Crippen LogP contribution in [-0.4, -0.2) is 29.6 Å². The molecule has 0 aromatic heterocycles. The Hall–Kier alpha value is -0.410. The van der Waals surface area contributed by atoms with Crippen LogP contribution in [0.1, 0.15) is 32.6 Å². The molecule has 1 saturated carbocycles. The van der Waals surface area contributed by atoms with Crippen molar-refractivity contribution in [3.8, 4) is 0 Å². The second kappa shape index (κ2) is 4.58. The Balaban J connectivity index is 2.24. The lowest BCUT2D eigenvalue weighted by atomic mass is 9.92. The van der Waals surface area contributed by atoms with E-state index in [4.69, 9.17) is 0 Å². The van der Waals surface area contributed by atoms with Crippen molar-refractivity contribution < 1.29 is 9.90 Å². The average Bonchev–Trinajstić information content (AvgIpc) is 2.03. The highest BCUT2D eigenvalue weighted by molar-refractivity contribution is 5.77. The fraction of sp³-hybridized carbons (Fsp3) is 0.889. The van der Waals surface area contributed by atoms with Crippen LogP contribution in [0.25, 0.3) is 0 Å². The Kier molecular flexibility index (Phi) is 3.69. The number of aliphatic hydroxyl groups excluding tert-OH is 1. The first-order chi connectivity index (χ1) is 5.70. The van der Waals surface area contributed by atoms with Crippen LogP contribution in [0.15, 0.2) is 0 Å². The van der Waals surface area contributed by atoms with Crippen LogP contribution < -0.4 is 5.32 Å². The summed E-state index contributed by atoms with van der Waals surface area (Å²) < 4.78 is 0. The van der Waals surface area contributed by atoms with E-state index < -0.39 is 0 Å². The number of hydrogen-bond acceptors (Lipinski definition) is 3. The first-order valence-electron chi connectivity index (χ1n) is 4.61. The summed E-state index contributed by atoms with van der Waals surface area (Å²) >= 11 is 0. The molecule has 2 atom stereocenters. The van der Waals surface area contributed by atoms with Crippen LogP contribution in [-0.2, 0) is 4.79 Å². The van der Waals surface area contributed by atoms with Crippen molar-refractivity contribution in [2.24, 2.45) is 0 Å². The van der Waals surface area contributed by atoms with Gasteiger partial charge in [-0.2, -0.15) is 0 Å². The predicted molar refractivity (Wildman–Crippen MR) is 46.9 cm³/mol. The summed E-state index contributed by atoms with van der Waals surface area (Å²) in [6.45, 7) is 1.95. The van der Waals surface area contributed by atoms with Crippen molar-refractivity contribution in [1.82, 2.24) is 5.32 Å². The number of carbonyl (C=O) groups excluding carboxylic acids is 1. The minimum atomic E-state index is -0.252. The first kappa shape index (κ1) is 9.68. The lowest BCUT2D eigenvalue weighted by Crippen LogP contribution is -2.43. The third-order valence-electron chi connectivity index (χ3n) is 2.34. The molecule has 0 aromatic carbocycles. The van der Waals surface area contributed by atoms with E-state index in [0.29, 0.717) is 6.54 Å². The van der Waals surface area contributed by atoms with Crippen LogP contribution >= 0.6 is 0 Å². The van der Waals surface area contributed by atoms with Gasteiger partial charge in [-0.05, 0) is 19.8 Å². The lowest BCUT2D eigenvalue weighted by Gasteiger charge is -2.27. The van der Waals surface area contributed by atoms with Gasteiger partial charge in [-0.15, -0.1) is 0 Å². The van der Waals surface area contributed by atoms with E-state index in [1.54, 1.807) is 6.92 Å². The van der Waals surface area contributed by atoms with Crippen LogP contribution in [0.5, 0.6) is 0 Å². The third-order valence-corrected chi connectivity index (χ3v) is 2.34. The van der Waals surface area contributed by atoms with Crippen molar-refractivity contribution in [1.29, 1.82) is 0 Å². The highest BCUT2D eigenvalue weighted by Gasteiger charge is 2.22. The summed E-state index contributed by atoms with van der Waals surface area (Å²) in [5, 5.41) is 12.6. The first-order valence-corrected chi connectivity index (χ1v) is 4.61. The zero-order valence-corrected chi connectivity index (χ0v) is 7.55. The zero-order valence-electron chi connectivity index (χ0n) is 7.55. The van der Waals surface area contributed by atoms with Gasteiger partial charge in [0.25, 0.3) is 0 Å². The number of ketones is 1. The number of rotatable bonds is 3. The standard InChI is InChI=1S/C9H17NO2/c1-7(11)6-10-8-4-2-3-5-9(8)12/h8-10,12H,2-6H2,1H3. The molecule has 0 amide bonds. The molecule has 12 heavy (non-hydrogen) atoms. The van der Waals surface area contributed by atoms with E-state index in [2.05, 4.69) is 5.32 Å². The predicted octanol–water partition coefficient (Wildman–Crippen LogP) is 0.468. The fourth-order valence-corrected chi connectivity index (χ4v) is 1.62. The molecule has 1 rings (SSSR count). The van der Waals surface area contributed by atoms with Gasteiger partial charge < -0.3 is 10.4 Å². The fourth-order valence-electron chi connectivity index (χ4n) is 1.62. The molecule has 0 aliphatic heterocycles. The minimum absolute atomic E-state index is 0.132. The van der Waals surface area contributed by atoms with E-state index >= 15 is 0 Å². The summed E-state index contributed by atoms with van der Waals surface area (Å²) in [5.74, 6) is 0.132. The van der Waals surface area contributed by atoms with Gasteiger partial charge in [0.15, 0.2) is 0 Å². The van der Waals surface area contributed by atoms with E-state index in [-0.39, 0.29) is 17.9 Å². The zero-order chi connectivity index (χ0) is 8.97. The van der Waals surface area contributed by atoms with Crippen molar-refractivity contribution in [2.75, 3.05) is 6.54 Å². The molecule has 1 aliphatic carbocycles. The molecule has 1 fully saturated rings. The normalized spacial score (nSPS) is 30.2. The van der Waals surface area contributed by atoms with Crippen molar-refractivity contribution >= 4 is 5.78 Å². The van der Waals surface area contributed by atoms with Crippen LogP contribution in [0, 0.1) is 0 Å². The quantitative estimate of drug-likeness (QED) is 0.649. The second-order valence-corrected chi connectivity index (χ2v) is 3.54. The van der Waals surface area contributed by atoms with Gasteiger partial charge in [0.05, 0.1) is 12.6 Å². The topological polar surface area (TPSA) is 49.3 Å². The summed E-state index contributed by atoms with van der Waals surface area (Å²) in [4.78, 5) is 10.6. The summed E-state index contributed by atoms with van der Waals surface area (Å²) in [7, 11) is 0. The van der Waals surface area contributed by atoms with Gasteiger partial charge in [-0.1, -0.05) is 12.8 Å². The molecule has 0 bridgehead atoms. The molecule has 3 heteroatoms. The Morgan fingerprint density at radius 2 is 2.17 bits per heavy atom. The van der Waals surface area contributed by atoms with Gasteiger partial charge in [0, 0.05) is 6.04 Å². The molecular formula is C9H17NO2. The largest absolute Gasteiger partial charge is 0.392 e. The number of aliphatic hydroxyl groups is 1. The average molecular weight is 171 g/mol. The van der Waals surface area contributed by atoms with Crippen LogP contribution in [0.3, 0.4) is 0 Å². The Labute approximate surface area is 73.2 Å². The number of hydrogen-bond donors (Lipinski definition) is 2. The van der Waals surface area contributed by atoms with Gasteiger partial charge in [-0.25, -0.2) is 0 Å². The molecule has 0 aromatic rings. The molecule has 0 spiro atoms. The van der Waals surface area contributed by atoms with E-state index in [0.717, 1.165) is 25.7 Å². The van der Waals surface area contributed by atoms with Crippen molar-refractivity contribution in [3.63, 3.8) is 0 Å². The van der Waals surface area contributed by atoms with Crippen molar-refractivity contribution in [2.45, 2.75) is 44.8 Å². The highest BCUT2D eigenvalue weighted by atomic mass is 16.3. The molecule has 0 heterocycles. The van der Waals surface area contributed by atoms with E-state index in [1.165, 1.54) is 0 Å². The van der Waals surface area contributed by atoms with Gasteiger partial charge in [-0.3, -0.25) is 4.79 Å². The number of carbonyl (C=O) groups is 1. The van der Waals surface area contributed by atoms with Gasteiger partial charge in [0.2, 0.25) is 0 Å². The monoisotopic (exact) mass is 171 g/mol. The molecule has 2 unspecified atom stereocenters. The SMILES string of the molecule is CC(=O)CNC1CCCCC1O. The molecular weight excluding hydrogens is 154 g/mol. The third kappa shape index (κ3) is 2.91. The Morgan fingerprint density at radius 3 is 2.75 bits per heavy atom. The summed E-state index contributed by atoms with van der Waals surface area (Å²) in [5.41, 5.74) is 0. The Bertz CT molecular complexity index is 159. The number of Topliss-reactive ketones (excluding diaryl/α,β-unsaturated/α-hetero) is 1. The summed E-state index contributed by atoms with van der Waals surface area (Å²) in [6, 6.07) is 0.141. The molecule has 2 N–H and O–H groups in total. The van der Waals surface area contributed by atoms with Crippen LogP contribution in [0.4, 0.5) is 0 Å². The van der Waals surface area contributed by atoms with E-state index in [9.17, 15) is 9.90 Å². The molecule has 3 nitrogen and oxygen atoms in total. The molecule has 0 radical (unpaired) electrons. The molecule has 1 aliphatic rings. The Morgan fingerprint density at radius 1 is 1.50 bits per heavy atom. The minimum Gasteiger partial charge on any atom is -0.392 e. The maximum absolute atomic E-state index is 10.6. The van der Waals surface area contributed by atoms with E-state index in [1.807, 2.05) is 0 Å². The number of nitrogens with one attached hydrogen (secondary N) is 1. The molecule has 70 valence electrons. The maximum atomic E-state index is 10.6. The van der Waals surface area contributed by atoms with Crippen LogP contribution in [0.2, 0.25) is 0 Å². The maximum Gasteiger partial charge on any atom is 0.143 e. The van der Waals surface area contributed by atoms with Crippen molar-refractivity contribution in [3.05, 3.63) is 0 Å².